The van der Waals surface area contributed by atoms with Crippen molar-refractivity contribution >= 4 is 23.6 Å². The highest BCUT2D eigenvalue weighted by Gasteiger charge is 2.23. The number of ketones is 1. The lowest BCUT2D eigenvalue weighted by atomic mass is 9.99. The Morgan fingerprint density at radius 3 is 2.55 bits per heavy atom. The molecule has 0 bridgehead atoms. The van der Waals surface area contributed by atoms with Gasteiger partial charge >= 0.3 is 0 Å². The van der Waals surface area contributed by atoms with Gasteiger partial charge in [0.2, 0.25) is 0 Å². The highest BCUT2D eigenvalue weighted by molar-refractivity contribution is 7.99. The smallest absolute Gasteiger partial charge is 0.191 e. The van der Waals surface area contributed by atoms with Crippen LogP contribution in [0, 0.1) is 19.7 Å². The number of rotatable bonds is 1. The van der Waals surface area contributed by atoms with E-state index in [1.54, 1.807) is 6.07 Å². The van der Waals surface area contributed by atoms with Crippen LogP contribution >= 0.6 is 11.8 Å². The number of hydrogen-bond donors (Lipinski definition) is 1. The second kappa shape index (κ2) is 5.61. The molecule has 1 heterocycles. The Hall–Kier alpha value is -2.07. The third-order valence-electron chi connectivity index (χ3n) is 3.72. The Kier molecular flexibility index (Phi) is 3.79. The first-order chi connectivity index (χ1) is 10.5. The van der Waals surface area contributed by atoms with E-state index in [0.717, 1.165) is 21.6 Å². The van der Waals surface area contributed by atoms with Crippen LogP contribution in [-0.4, -0.2) is 16.6 Å². The summed E-state index contributed by atoms with van der Waals surface area (Å²) in [6, 6.07) is 8.01. The van der Waals surface area contributed by atoms with E-state index >= 15 is 0 Å². The standard InChI is InChI=1S/C18H15FO2S/c1-10-5-12(6-11(2)17(10)20)7-13-9-22-16-4-3-14(19)8-15(16)18(13)21/h3-8,20H,9H2,1-2H3/b13-7+. The summed E-state index contributed by atoms with van der Waals surface area (Å²) in [7, 11) is 0. The number of carbonyl (C=O) groups excluding carboxylic acids is 1. The number of halogens is 1. The van der Waals surface area contributed by atoms with Crippen LogP contribution in [-0.2, 0) is 0 Å². The van der Waals surface area contributed by atoms with Crippen LogP contribution in [0.15, 0.2) is 40.8 Å². The lowest BCUT2D eigenvalue weighted by Crippen LogP contribution is -2.12. The van der Waals surface area contributed by atoms with Gasteiger partial charge in [-0.2, -0.15) is 0 Å². The lowest BCUT2D eigenvalue weighted by Gasteiger charge is -2.17. The highest BCUT2D eigenvalue weighted by atomic mass is 32.2. The molecule has 1 aliphatic heterocycles. The van der Waals surface area contributed by atoms with Crippen molar-refractivity contribution in [3.05, 3.63) is 64.0 Å². The van der Waals surface area contributed by atoms with Crippen molar-refractivity contribution in [2.75, 3.05) is 5.75 Å². The predicted molar refractivity (Wildman–Crippen MR) is 87.0 cm³/mol. The molecule has 0 atom stereocenters. The fourth-order valence-corrected chi connectivity index (χ4v) is 3.58. The van der Waals surface area contributed by atoms with Crippen molar-refractivity contribution in [1.82, 2.24) is 0 Å². The molecule has 2 aromatic carbocycles. The van der Waals surface area contributed by atoms with Gasteiger partial charge in [0.1, 0.15) is 11.6 Å². The zero-order valence-electron chi connectivity index (χ0n) is 12.3. The minimum atomic E-state index is -0.398. The molecule has 2 aromatic rings. The van der Waals surface area contributed by atoms with E-state index < -0.39 is 5.82 Å². The zero-order chi connectivity index (χ0) is 15.9. The topological polar surface area (TPSA) is 37.3 Å². The van der Waals surface area contributed by atoms with Crippen LogP contribution in [0.2, 0.25) is 0 Å². The molecular formula is C18H15FO2S. The van der Waals surface area contributed by atoms with E-state index in [4.69, 9.17) is 0 Å². The molecule has 0 aromatic heterocycles. The summed E-state index contributed by atoms with van der Waals surface area (Å²) in [4.78, 5) is 13.3. The molecule has 0 unspecified atom stereocenters. The van der Waals surface area contributed by atoms with E-state index in [0.29, 0.717) is 16.9 Å². The Labute approximate surface area is 132 Å². The van der Waals surface area contributed by atoms with Crippen LogP contribution < -0.4 is 0 Å². The van der Waals surface area contributed by atoms with Gasteiger partial charge in [-0.25, -0.2) is 4.39 Å². The number of fused-ring (bicyclic) bond motifs is 1. The first kappa shape index (κ1) is 14.9. The maximum Gasteiger partial charge on any atom is 0.191 e. The molecule has 22 heavy (non-hydrogen) atoms. The summed E-state index contributed by atoms with van der Waals surface area (Å²) in [5.41, 5.74) is 3.49. The third-order valence-corrected chi connectivity index (χ3v) is 4.84. The van der Waals surface area contributed by atoms with E-state index in [-0.39, 0.29) is 11.5 Å². The molecule has 1 aliphatic rings. The van der Waals surface area contributed by atoms with E-state index in [1.807, 2.05) is 32.1 Å². The van der Waals surface area contributed by atoms with Crippen molar-refractivity contribution in [2.24, 2.45) is 0 Å². The molecule has 0 radical (unpaired) electrons. The van der Waals surface area contributed by atoms with Gasteiger partial charge in [0.05, 0.1) is 0 Å². The average Bonchev–Trinajstić information content (AvgIpc) is 2.48. The Balaban J connectivity index is 2.01. The van der Waals surface area contributed by atoms with Crippen molar-refractivity contribution in [3.63, 3.8) is 0 Å². The van der Waals surface area contributed by atoms with Crippen LogP contribution in [0.3, 0.4) is 0 Å². The highest BCUT2D eigenvalue weighted by Crippen LogP contribution is 2.34. The molecule has 0 amide bonds. The molecule has 0 aliphatic carbocycles. The number of benzene rings is 2. The van der Waals surface area contributed by atoms with Gasteiger partial charge in [0.25, 0.3) is 0 Å². The summed E-state index contributed by atoms with van der Waals surface area (Å²) in [5, 5.41) is 9.82. The minimum absolute atomic E-state index is 0.128. The first-order valence-electron chi connectivity index (χ1n) is 6.93. The maximum atomic E-state index is 13.4. The number of aromatic hydroxyl groups is 1. The molecule has 0 fully saturated rings. The van der Waals surface area contributed by atoms with Gasteiger partial charge in [-0.15, -0.1) is 11.8 Å². The van der Waals surface area contributed by atoms with E-state index in [1.165, 1.54) is 23.9 Å². The van der Waals surface area contributed by atoms with Gasteiger partial charge in [-0.1, -0.05) is 0 Å². The predicted octanol–water partition coefficient (Wildman–Crippen LogP) is 4.52. The number of thioether (sulfide) groups is 1. The minimum Gasteiger partial charge on any atom is -0.507 e. The van der Waals surface area contributed by atoms with E-state index in [2.05, 4.69) is 0 Å². The van der Waals surface area contributed by atoms with Gasteiger partial charge in [-0.3, -0.25) is 4.79 Å². The monoisotopic (exact) mass is 314 g/mol. The molecule has 0 saturated carbocycles. The van der Waals surface area contributed by atoms with Crippen LogP contribution in [0.4, 0.5) is 4.39 Å². The summed E-state index contributed by atoms with van der Waals surface area (Å²) >= 11 is 1.53. The fraction of sp³-hybridized carbons (Fsp3) is 0.167. The number of phenols is 1. The largest absolute Gasteiger partial charge is 0.507 e. The lowest BCUT2D eigenvalue weighted by molar-refractivity contribution is 0.103. The van der Waals surface area contributed by atoms with Gasteiger partial charge in [0.15, 0.2) is 5.78 Å². The number of carbonyl (C=O) groups is 1. The molecule has 2 nitrogen and oxygen atoms in total. The van der Waals surface area contributed by atoms with Gasteiger partial charge in [-0.05, 0) is 66.9 Å². The van der Waals surface area contributed by atoms with Crippen LogP contribution in [0.1, 0.15) is 27.0 Å². The maximum absolute atomic E-state index is 13.4. The van der Waals surface area contributed by atoms with Crippen molar-refractivity contribution in [1.29, 1.82) is 0 Å². The third kappa shape index (κ3) is 2.66. The first-order valence-corrected chi connectivity index (χ1v) is 7.92. The SMILES string of the molecule is Cc1cc(/C=C2\CSc3ccc(F)cc3C2=O)cc(C)c1O. The molecule has 0 saturated heterocycles. The normalized spacial score (nSPS) is 16.0. The zero-order valence-corrected chi connectivity index (χ0v) is 13.1. The Morgan fingerprint density at radius 2 is 1.86 bits per heavy atom. The molecule has 4 heteroatoms. The number of phenolic OH excluding ortho intramolecular Hbond substituents is 1. The van der Waals surface area contributed by atoms with Crippen molar-refractivity contribution < 1.29 is 14.3 Å². The fourth-order valence-electron chi connectivity index (χ4n) is 2.58. The molecule has 112 valence electrons. The number of Topliss-reactive ketones (excluding diaryl/α,β-unsaturated/α-hetero) is 1. The average molecular weight is 314 g/mol. The molecule has 0 spiro atoms. The second-order valence-electron chi connectivity index (χ2n) is 5.43. The van der Waals surface area contributed by atoms with E-state index in [9.17, 15) is 14.3 Å². The Morgan fingerprint density at radius 1 is 1.18 bits per heavy atom. The van der Waals surface area contributed by atoms with Gasteiger partial charge < -0.3 is 5.11 Å². The second-order valence-corrected chi connectivity index (χ2v) is 6.45. The van der Waals surface area contributed by atoms with Crippen LogP contribution in [0.25, 0.3) is 6.08 Å². The molecule has 1 N–H and O–H groups in total. The summed E-state index contributed by atoms with van der Waals surface area (Å²) in [6.07, 6.45) is 1.82. The van der Waals surface area contributed by atoms with Gasteiger partial charge in [0, 0.05) is 21.8 Å². The molecule has 3 rings (SSSR count). The number of aryl methyl sites for hydroxylation is 2. The summed E-state index contributed by atoms with van der Waals surface area (Å²) in [5.74, 6) is 0.317. The van der Waals surface area contributed by atoms with Crippen molar-refractivity contribution in [2.45, 2.75) is 18.7 Å². The Bertz CT molecular complexity index is 786. The van der Waals surface area contributed by atoms with Crippen molar-refractivity contribution in [3.8, 4) is 5.75 Å². The van der Waals surface area contributed by atoms with Crippen LogP contribution in [0.5, 0.6) is 5.75 Å². The quantitative estimate of drug-likeness (QED) is 0.786. The summed E-state index contributed by atoms with van der Waals surface area (Å²) in [6.45, 7) is 3.65. The molecular weight excluding hydrogens is 299 g/mol. The number of hydrogen-bond acceptors (Lipinski definition) is 3. The summed E-state index contributed by atoms with van der Waals surface area (Å²) < 4.78 is 13.4.